The smallest absolute Gasteiger partial charge is 0.508 e. The Balaban J connectivity index is 1.24. The number of fused-ring (bicyclic) bond motifs is 2. The second-order valence-electron chi connectivity index (χ2n) is 13.2. The molecule has 0 aliphatic carbocycles. The number of benzene rings is 2. The summed E-state index contributed by atoms with van der Waals surface area (Å²) in [7, 11) is 0. The van der Waals surface area contributed by atoms with E-state index in [1.165, 1.54) is 24.3 Å². The summed E-state index contributed by atoms with van der Waals surface area (Å²) in [5, 5.41) is 43.6. The van der Waals surface area contributed by atoms with Crippen molar-refractivity contribution < 1.29 is 72.2 Å². The van der Waals surface area contributed by atoms with Crippen molar-refractivity contribution in [1.82, 2.24) is 35.7 Å². The average Bonchev–Trinajstić information content (AvgIpc) is 3.68. The molecule has 0 saturated carbocycles. The molecule has 2 aliphatic rings. The minimum absolute atomic E-state index is 0.0395. The number of hydrogen-bond acceptors (Lipinski definition) is 19. The molecule has 5 N–H and O–H groups in total. The van der Waals surface area contributed by atoms with Gasteiger partial charge in [0.25, 0.3) is 11.8 Å². The summed E-state index contributed by atoms with van der Waals surface area (Å²) in [6.07, 6.45) is -2.31. The molecule has 23 nitrogen and oxygen atoms in total. The number of nitrogens with zero attached hydrogens (tertiary/aromatic N) is 5. The third kappa shape index (κ3) is 12.3. The monoisotopic (exact) mass is 1070 g/mol. The minimum atomic E-state index is -2.08. The highest BCUT2D eigenvalue weighted by atomic mass is 35.6. The van der Waals surface area contributed by atoms with E-state index in [-0.39, 0.29) is 44.8 Å². The second-order valence-corrected chi connectivity index (χ2v) is 20.3. The van der Waals surface area contributed by atoms with E-state index in [1.807, 2.05) is 0 Å². The van der Waals surface area contributed by atoms with E-state index >= 15 is 0 Å². The number of carboxylic acid groups (broad SMARTS) is 2. The molecule has 2 aliphatic heterocycles. The average molecular weight is 1080 g/mol. The Morgan fingerprint density at radius 1 is 0.939 bits per heavy atom. The number of amides is 3. The molecule has 0 spiro atoms. The van der Waals surface area contributed by atoms with E-state index in [1.54, 1.807) is 0 Å². The number of carbonyl (C=O) groups is 7. The van der Waals surface area contributed by atoms with Crippen molar-refractivity contribution in [1.29, 1.82) is 0 Å². The first-order valence-electron chi connectivity index (χ1n) is 17.8. The number of phenolic OH excluding ortho intramolecular Hbond substituents is 1. The van der Waals surface area contributed by atoms with Crippen LogP contribution in [0.4, 0.5) is 9.59 Å². The van der Waals surface area contributed by atoms with E-state index in [0.717, 1.165) is 45.2 Å². The fourth-order valence-electron chi connectivity index (χ4n) is 5.86. The molecule has 1 saturated heterocycles. The van der Waals surface area contributed by atoms with Crippen LogP contribution in [0, 0.1) is 0 Å². The molecular formula is C35H25Cl6N7O16S2. The van der Waals surface area contributed by atoms with Crippen LogP contribution in [0.15, 0.2) is 68.3 Å². The van der Waals surface area contributed by atoms with Crippen molar-refractivity contribution in [2.45, 2.75) is 36.7 Å². The number of phenols is 1. The number of tetrazole rings is 1. The number of aromatic nitrogens is 4. The van der Waals surface area contributed by atoms with E-state index in [2.05, 4.69) is 26.2 Å². The predicted octanol–water partition coefficient (Wildman–Crippen LogP) is 4.34. The molecule has 3 atom stereocenters. The van der Waals surface area contributed by atoms with Gasteiger partial charge in [0, 0.05) is 17.6 Å². The van der Waals surface area contributed by atoms with Gasteiger partial charge in [0.1, 0.15) is 66.1 Å². The number of alkyl halides is 6. The molecule has 6 rings (SSSR count). The van der Waals surface area contributed by atoms with Gasteiger partial charge in [-0.2, -0.15) is 0 Å². The number of carboxylic acids is 2. The van der Waals surface area contributed by atoms with Gasteiger partial charge in [-0.25, -0.2) is 19.1 Å². The highest BCUT2D eigenvalue weighted by Crippen LogP contribution is 2.42. The van der Waals surface area contributed by atoms with Gasteiger partial charge in [-0.15, -0.1) is 16.9 Å². The normalized spacial score (nSPS) is 16.4. The first-order valence-corrected chi connectivity index (χ1v) is 22.1. The molecule has 0 bridgehead atoms. The van der Waals surface area contributed by atoms with E-state index in [9.17, 15) is 48.6 Å². The van der Waals surface area contributed by atoms with Crippen LogP contribution in [0.5, 0.6) is 17.2 Å². The van der Waals surface area contributed by atoms with Crippen LogP contribution in [-0.2, 0) is 35.2 Å². The van der Waals surface area contributed by atoms with Crippen molar-refractivity contribution >= 4 is 146 Å². The lowest BCUT2D eigenvalue weighted by Gasteiger charge is -2.49. The third-order valence-electron chi connectivity index (χ3n) is 8.65. The highest BCUT2D eigenvalue weighted by molar-refractivity contribution is 8.01. The Morgan fingerprint density at radius 3 is 2.15 bits per heavy atom. The number of halogens is 6. The van der Waals surface area contributed by atoms with Crippen molar-refractivity contribution in [3.8, 4) is 17.2 Å². The zero-order valence-electron chi connectivity index (χ0n) is 32.3. The van der Waals surface area contributed by atoms with Crippen LogP contribution in [0.25, 0.3) is 11.0 Å². The van der Waals surface area contributed by atoms with Crippen molar-refractivity contribution in [3.63, 3.8) is 0 Å². The van der Waals surface area contributed by atoms with Crippen molar-refractivity contribution in [2.24, 2.45) is 0 Å². The summed E-state index contributed by atoms with van der Waals surface area (Å²) >= 11 is 35.7. The quantitative estimate of drug-likeness (QED) is 0.0363. The van der Waals surface area contributed by atoms with Crippen LogP contribution in [0.3, 0.4) is 0 Å². The lowest BCUT2D eigenvalue weighted by Crippen LogP contribution is -2.71. The number of aliphatic carboxylic acids is 2. The summed E-state index contributed by atoms with van der Waals surface area (Å²) in [5.41, 5.74) is -2.21. The molecular weight excluding hydrogens is 1050 g/mol. The molecule has 1 fully saturated rings. The molecule has 3 amide bonds. The maximum Gasteiger partial charge on any atom is 0.514 e. The Kier molecular flexibility index (Phi) is 15.6. The Morgan fingerprint density at radius 2 is 1.56 bits per heavy atom. The Bertz CT molecular complexity index is 2710. The maximum absolute atomic E-state index is 14.0. The number of nitrogens with one attached hydrogen (secondary N) is 2. The number of thioether (sulfide) groups is 2. The summed E-state index contributed by atoms with van der Waals surface area (Å²) in [6.45, 7) is -2.15. The zero-order chi connectivity index (χ0) is 48.2. The summed E-state index contributed by atoms with van der Waals surface area (Å²) in [6, 6.07) is 3.63. The van der Waals surface area contributed by atoms with E-state index in [4.69, 9.17) is 98.1 Å². The van der Waals surface area contributed by atoms with E-state index < -0.39 is 115 Å². The topological polar surface area (TPSA) is 318 Å². The molecule has 350 valence electrons. The maximum atomic E-state index is 14.0. The lowest BCUT2D eigenvalue weighted by atomic mass is 10.0. The highest BCUT2D eigenvalue weighted by Gasteiger charge is 2.54. The van der Waals surface area contributed by atoms with Crippen LogP contribution in [-0.4, -0.2) is 126 Å². The summed E-state index contributed by atoms with van der Waals surface area (Å²) in [5.74, 6) is -7.24. The zero-order valence-corrected chi connectivity index (χ0v) is 38.4. The number of β-lactam (4-membered cyclic amide) rings is 1. The molecule has 31 heteroatoms. The minimum Gasteiger partial charge on any atom is -0.508 e. The predicted molar refractivity (Wildman–Crippen MR) is 231 cm³/mol. The lowest BCUT2D eigenvalue weighted by molar-refractivity contribution is -0.151. The number of ether oxygens (including phenoxy) is 4. The standard InChI is InChI=1S/C35H25Cl6N7O16S2/c36-34(37,38)11-61-32(58)63-19-5-16-18(6-20(19)64-33(59)62-12-35(39,40)41)60-8-17(25(16)52)26(53)42-22(13-1-3-15(49)4-2-13)27(54)43-23-28(55)48-24(30(56)57)14(9-65-29(23)48)10-66-31-44-45-46-47(31)7-21(50)51/h1-6,8,22-23,29,49H,7,9-12H2,(H,42,53)(H,43,54)(H,50,51)(H,56,57)/t22?,23-,29+/m1/s1. The van der Waals surface area contributed by atoms with Gasteiger partial charge in [-0.3, -0.25) is 28.9 Å². The van der Waals surface area contributed by atoms with Gasteiger partial charge >= 0.3 is 24.2 Å². The van der Waals surface area contributed by atoms with Crippen LogP contribution < -0.4 is 25.5 Å². The second kappa shape index (κ2) is 20.6. The molecule has 66 heavy (non-hydrogen) atoms. The van der Waals surface area contributed by atoms with Gasteiger partial charge < -0.3 is 49.3 Å². The third-order valence-corrected chi connectivity index (χ3v) is 11.7. The van der Waals surface area contributed by atoms with Crippen molar-refractivity contribution in [2.75, 3.05) is 24.7 Å². The van der Waals surface area contributed by atoms with Gasteiger partial charge in [0.15, 0.2) is 11.5 Å². The molecule has 0 radical (unpaired) electrons. The number of carbonyl (C=O) groups excluding carboxylic acids is 5. The van der Waals surface area contributed by atoms with Crippen molar-refractivity contribution in [3.05, 3.63) is 75.3 Å². The molecule has 4 heterocycles. The van der Waals surface area contributed by atoms with Crippen LogP contribution >= 0.6 is 93.1 Å². The fourth-order valence-corrected chi connectivity index (χ4v) is 8.55. The first-order chi connectivity index (χ1) is 31.0. The Hall–Kier alpha value is -5.41. The number of rotatable bonds is 15. The van der Waals surface area contributed by atoms with Gasteiger partial charge in [-0.05, 0) is 39.8 Å². The number of aromatic hydroxyl groups is 1. The van der Waals surface area contributed by atoms with Crippen LogP contribution in [0.2, 0.25) is 0 Å². The van der Waals surface area contributed by atoms with Gasteiger partial charge in [0.2, 0.25) is 24.1 Å². The summed E-state index contributed by atoms with van der Waals surface area (Å²) in [4.78, 5) is 105. The molecule has 2 aromatic heterocycles. The molecule has 2 aromatic carbocycles. The van der Waals surface area contributed by atoms with Gasteiger partial charge in [-0.1, -0.05) is 93.5 Å². The van der Waals surface area contributed by atoms with Gasteiger partial charge in [0.05, 0.1) is 5.39 Å². The molecule has 4 aromatic rings. The SMILES string of the molecule is O=C(O)Cn1nnnc1SCC1=C(C(=O)O)N2C(=O)[C@@H](NC(=O)C(NC(=O)c3coc4cc(OC(=O)OCC(Cl)(Cl)Cl)c(OC(=O)OCC(Cl)(Cl)Cl)cc4c3=O)c3ccc(O)cc3)[C@@H]2SC1. The van der Waals surface area contributed by atoms with Crippen LogP contribution in [0.1, 0.15) is 22.0 Å². The fraction of sp³-hybridized carbons (Fsp3) is 0.286. The Labute approximate surface area is 405 Å². The summed E-state index contributed by atoms with van der Waals surface area (Å²) < 4.78 is 22.0. The van der Waals surface area contributed by atoms with E-state index in [0.29, 0.717) is 6.26 Å². The first kappa shape index (κ1) is 50.0. The number of hydrogen-bond donors (Lipinski definition) is 5. The molecule has 1 unspecified atom stereocenters. The largest absolute Gasteiger partial charge is 0.514 e.